The lowest BCUT2D eigenvalue weighted by molar-refractivity contribution is 0.0774. The standard InChI is InChI=1S/C14H17ClN4O/c1-3-19-13(12(16)8-17-19)14(20)18(2)9-10-4-6-11(15)7-5-10/h4-8H,3,9,16H2,1-2H3. The van der Waals surface area contributed by atoms with E-state index in [4.69, 9.17) is 17.3 Å². The van der Waals surface area contributed by atoms with Crippen molar-refractivity contribution in [1.29, 1.82) is 0 Å². The van der Waals surface area contributed by atoms with Crippen LogP contribution in [-0.2, 0) is 13.1 Å². The normalized spacial score (nSPS) is 10.6. The van der Waals surface area contributed by atoms with Crippen LogP contribution in [0.4, 0.5) is 5.69 Å². The molecule has 0 bridgehead atoms. The monoisotopic (exact) mass is 292 g/mol. The van der Waals surface area contributed by atoms with Crippen LogP contribution in [0.5, 0.6) is 0 Å². The van der Waals surface area contributed by atoms with Crippen LogP contribution in [-0.4, -0.2) is 27.6 Å². The summed E-state index contributed by atoms with van der Waals surface area (Å²) in [5, 5.41) is 4.76. The van der Waals surface area contributed by atoms with E-state index in [-0.39, 0.29) is 5.91 Å². The van der Waals surface area contributed by atoms with Gasteiger partial charge in [-0.2, -0.15) is 5.10 Å². The van der Waals surface area contributed by atoms with E-state index in [1.54, 1.807) is 28.8 Å². The van der Waals surface area contributed by atoms with Gasteiger partial charge in [-0.05, 0) is 24.6 Å². The number of nitrogens with two attached hydrogens (primary N) is 1. The molecule has 2 rings (SSSR count). The largest absolute Gasteiger partial charge is 0.396 e. The van der Waals surface area contributed by atoms with Gasteiger partial charge in [0.25, 0.3) is 5.91 Å². The van der Waals surface area contributed by atoms with Crippen LogP contribution in [0.2, 0.25) is 5.02 Å². The van der Waals surface area contributed by atoms with Crippen LogP contribution < -0.4 is 5.73 Å². The molecule has 0 unspecified atom stereocenters. The summed E-state index contributed by atoms with van der Waals surface area (Å²) in [7, 11) is 1.74. The van der Waals surface area contributed by atoms with E-state index < -0.39 is 0 Å². The van der Waals surface area contributed by atoms with Gasteiger partial charge in [0.05, 0.1) is 11.9 Å². The fourth-order valence-electron chi connectivity index (χ4n) is 1.99. The number of nitrogens with zero attached hydrogens (tertiary/aromatic N) is 3. The molecule has 0 saturated carbocycles. The Bertz CT molecular complexity index is 606. The molecule has 2 aromatic rings. The van der Waals surface area contributed by atoms with Crippen molar-refractivity contribution in [2.45, 2.75) is 20.0 Å². The second kappa shape index (κ2) is 5.96. The maximum atomic E-state index is 12.4. The van der Waals surface area contributed by atoms with Crippen molar-refractivity contribution in [3.8, 4) is 0 Å². The molecule has 2 N–H and O–H groups in total. The zero-order valence-electron chi connectivity index (χ0n) is 11.5. The molecule has 20 heavy (non-hydrogen) atoms. The van der Waals surface area contributed by atoms with Gasteiger partial charge in [0, 0.05) is 25.2 Å². The molecule has 0 spiro atoms. The number of nitrogen functional groups attached to an aromatic ring is 1. The molecule has 0 atom stereocenters. The molecule has 5 nitrogen and oxygen atoms in total. The van der Waals surface area contributed by atoms with Gasteiger partial charge in [0.15, 0.2) is 0 Å². The summed E-state index contributed by atoms with van der Waals surface area (Å²) in [6.45, 7) is 3.01. The quantitative estimate of drug-likeness (QED) is 0.941. The van der Waals surface area contributed by atoms with Gasteiger partial charge < -0.3 is 10.6 Å². The van der Waals surface area contributed by atoms with Gasteiger partial charge in [0.1, 0.15) is 5.69 Å². The van der Waals surface area contributed by atoms with Gasteiger partial charge >= 0.3 is 0 Å². The van der Waals surface area contributed by atoms with Crippen LogP contribution >= 0.6 is 11.6 Å². The highest BCUT2D eigenvalue weighted by atomic mass is 35.5. The number of carbonyl (C=O) groups excluding carboxylic acids is 1. The summed E-state index contributed by atoms with van der Waals surface area (Å²) in [4.78, 5) is 14.1. The van der Waals surface area contributed by atoms with Gasteiger partial charge in [0.2, 0.25) is 0 Å². The van der Waals surface area contributed by atoms with Crippen LogP contribution in [0.1, 0.15) is 23.0 Å². The Balaban J connectivity index is 2.16. The van der Waals surface area contributed by atoms with Crippen molar-refractivity contribution < 1.29 is 4.79 Å². The van der Waals surface area contributed by atoms with E-state index in [2.05, 4.69) is 5.10 Å². The van der Waals surface area contributed by atoms with Crippen molar-refractivity contribution in [3.63, 3.8) is 0 Å². The van der Waals surface area contributed by atoms with Crippen molar-refractivity contribution in [3.05, 3.63) is 46.7 Å². The third kappa shape index (κ3) is 2.93. The average molecular weight is 293 g/mol. The van der Waals surface area contributed by atoms with Gasteiger partial charge in [-0.1, -0.05) is 23.7 Å². The Morgan fingerprint density at radius 1 is 1.40 bits per heavy atom. The highest BCUT2D eigenvalue weighted by Crippen LogP contribution is 2.16. The van der Waals surface area contributed by atoms with E-state index >= 15 is 0 Å². The molecule has 0 fully saturated rings. The van der Waals surface area contributed by atoms with Gasteiger partial charge in [-0.25, -0.2) is 0 Å². The minimum absolute atomic E-state index is 0.142. The second-order valence-corrected chi connectivity index (χ2v) is 4.99. The number of amides is 1. The smallest absolute Gasteiger partial charge is 0.274 e. The molecule has 1 aromatic heterocycles. The molecule has 106 valence electrons. The number of hydrogen-bond acceptors (Lipinski definition) is 3. The van der Waals surface area contributed by atoms with Crippen molar-refractivity contribution in [1.82, 2.24) is 14.7 Å². The Labute approximate surface area is 122 Å². The minimum atomic E-state index is -0.142. The lowest BCUT2D eigenvalue weighted by Crippen LogP contribution is -2.29. The average Bonchev–Trinajstić information content (AvgIpc) is 2.81. The fourth-order valence-corrected chi connectivity index (χ4v) is 2.12. The Morgan fingerprint density at radius 2 is 2.05 bits per heavy atom. The third-order valence-corrected chi connectivity index (χ3v) is 3.30. The molecule has 6 heteroatoms. The van der Waals surface area contributed by atoms with E-state index in [0.29, 0.717) is 29.5 Å². The number of aromatic nitrogens is 2. The molecule has 0 radical (unpaired) electrons. The van der Waals surface area contributed by atoms with Crippen molar-refractivity contribution in [2.75, 3.05) is 12.8 Å². The van der Waals surface area contributed by atoms with Crippen LogP contribution in [0.25, 0.3) is 0 Å². The number of hydrogen-bond donors (Lipinski definition) is 1. The summed E-state index contributed by atoms with van der Waals surface area (Å²) < 4.78 is 1.61. The fraction of sp³-hybridized carbons (Fsp3) is 0.286. The first-order chi connectivity index (χ1) is 9.52. The lowest BCUT2D eigenvalue weighted by atomic mass is 10.2. The van der Waals surface area contributed by atoms with Crippen LogP contribution in [0, 0.1) is 0 Å². The summed E-state index contributed by atoms with van der Waals surface area (Å²) in [5.74, 6) is -0.142. The van der Waals surface area contributed by atoms with Crippen molar-refractivity contribution >= 4 is 23.2 Å². The number of carbonyl (C=O) groups is 1. The highest BCUT2D eigenvalue weighted by molar-refractivity contribution is 6.30. The number of aryl methyl sites for hydroxylation is 1. The zero-order chi connectivity index (χ0) is 14.7. The lowest BCUT2D eigenvalue weighted by Gasteiger charge is -2.18. The van der Waals surface area contributed by atoms with E-state index in [1.807, 2.05) is 19.1 Å². The van der Waals surface area contributed by atoms with Gasteiger partial charge in [-0.15, -0.1) is 0 Å². The maximum Gasteiger partial charge on any atom is 0.274 e. The highest BCUT2D eigenvalue weighted by Gasteiger charge is 2.20. The van der Waals surface area contributed by atoms with Crippen LogP contribution in [0.15, 0.2) is 30.5 Å². The minimum Gasteiger partial charge on any atom is -0.396 e. The summed E-state index contributed by atoms with van der Waals surface area (Å²) >= 11 is 5.84. The molecule has 1 amide bonds. The van der Waals surface area contributed by atoms with E-state index in [1.165, 1.54) is 6.20 Å². The molecule has 1 aromatic carbocycles. The number of benzene rings is 1. The number of halogens is 1. The van der Waals surface area contributed by atoms with Crippen molar-refractivity contribution in [2.24, 2.45) is 0 Å². The first kappa shape index (κ1) is 14.4. The Hall–Kier alpha value is -2.01. The molecule has 0 aliphatic rings. The van der Waals surface area contributed by atoms with E-state index in [0.717, 1.165) is 5.56 Å². The predicted molar refractivity (Wildman–Crippen MR) is 79.6 cm³/mol. The Morgan fingerprint density at radius 3 is 2.65 bits per heavy atom. The topological polar surface area (TPSA) is 64.2 Å². The summed E-state index contributed by atoms with van der Waals surface area (Å²) in [6, 6.07) is 7.40. The molecule has 1 heterocycles. The number of anilines is 1. The molecular weight excluding hydrogens is 276 g/mol. The number of rotatable bonds is 4. The van der Waals surface area contributed by atoms with E-state index in [9.17, 15) is 4.79 Å². The second-order valence-electron chi connectivity index (χ2n) is 4.55. The third-order valence-electron chi connectivity index (χ3n) is 3.05. The maximum absolute atomic E-state index is 12.4. The molecule has 0 saturated heterocycles. The summed E-state index contributed by atoms with van der Waals surface area (Å²) in [6.07, 6.45) is 1.51. The zero-order valence-corrected chi connectivity index (χ0v) is 12.3. The predicted octanol–water partition coefficient (Wildman–Crippen LogP) is 2.41. The molecule has 0 aliphatic carbocycles. The van der Waals surface area contributed by atoms with Crippen LogP contribution in [0.3, 0.4) is 0 Å². The first-order valence-corrected chi connectivity index (χ1v) is 6.72. The SMILES string of the molecule is CCn1ncc(N)c1C(=O)N(C)Cc1ccc(Cl)cc1. The van der Waals surface area contributed by atoms with Gasteiger partial charge in [-0.3, -0.25) is 9.48 Å². The first-order valence-electron chi connectivity index (χ1n) is 6.34. The Kier molecular flexibility index (Phi) is 4.29. The summed E-state index contributed by atoms with van der Waals surface area (Å²) in [5.41, 5.74) is 7.66. The molecular formula is C14H17ClN4O. The molecule has 0 aliphatic heterocycles.